The van der Waals surface area contributed by atoms with Crippen molar-refractivity contribution >= 4 is 50.7 Å². The molecule has 2 aromatic carbocycles. The Balaban J connectivity index is 2.08. The Morgan fingerprint density at radius 2 is 2.00 bits per heavy atom. The third kappa shape index (κ3) is 4.53. The van der Waals surface area contributed by atoms with Crippen molar-refractivity contribution in [1.29, 1.82) is 0 Å². The second kappa shape index (κ2) is 7.43. The Kier molecular flexibility index (Phi) is 5.79. The minimum absolute atomic E-state index is 0.139. The summed E-state index contributed by atoms with van der Waals surface area (Å²) in [4.78, 5) is 12.2. The van der Waals surface area contributed by atoms with E-state index in [2.05, 4.69) is 21.2 Å². The molecule has 0 aliphatic heterocycles. The maximum atomic E-state index is 12.2. The van der Waals surface area contributed by atoms with Gasteiger partial charge in [0.25, 0.3) is 5.91 Å². The van der Waals surface area contributed by atoms with Gasteiger partial charge < -0.3 is 15.2 Å². The number of amides is 1. The van der Waals surface area contributed by atoms with Crippen LogP contribution in [-0.2, 0) is 4.79 Å². The lowest BCUT2D eigenvalue weighted by Crippen LogP contribution is -2.30. The van der Waals surface area contributed by atoms with Crippen LogP contribution in [0.15, 0.2) is 34.8 Å². The molecule has 1 amide bonds. The normalized spacial score (nSPS) is 11.9. The number of anilines is 1. The molecule has 0 aliphatic carbocycles. The average Bonchev–Trinajstić information content (AvgIpc) is 2.47. The average molecular weight is 419 g/mol. The van der Waals surface area contributed by atoms with Gasteiger partial charge in [-0.15, -0.1) is 0 Å². The number of ether oxygens (including phenoxy) is 1. The first-order valence-electron chi connectivity index (χ1n) is 6.69. The van der Waals surface area contributed by atoms with Gasteiger partial charge in [0.15, 0.2) is 6.10 Å². The number of hydrogen-bond acceptors (Lipinski definition) is 3. The van der Waals surface area contributed by atoms with Gasteiger partial charge in [-0.2, -0.15) is 0 Å². The van der Waals surface area contributed by atoms with Crippen molar-refractivity contribution in [3.05, 3.63) is 50.4 Å². The predicted octanol–water partition coefficient (Wildman–Crippen LogP) is 5.18. The first-order valence-corrected chi connectivity index (χ1v) is 8.24. The number of nitrogens with one attached hydrogen (secondary N) is 1. The van der Waals surface area contributed by atoms with Crippen LogP contribution in [0.4, 0.5) is 5.69 Å². The monoisotopic (exact) mass is 417 g/mol. The maximum absolute atomic E-state index is 12.2. The smallest absolute Gasteiger partial charge is 0.265 e. The van der Waals surface area contributed by atoms with E-state index in [9.17, 15) is 9.90 Å². The molecule has 0 saturated carbocycles. The quantitative estimate of drug-likeness (QED) is 0.672. The van der Waals surface area contributed by atoms with Crippen LogP contribution < -0.4 is 10.1 Å². The fraction of sp³-hybridized carbons (Fsp3) is 0.188. The number of benzene rings is 2. The van der Waals surface area contributed by atoms with Gasteiger partial charge in [0.05, 0.1) is 9.50 Å². The lowest BCUT2D eigenvalue weighted by molar-refractivity contribution is -0.122. The fourth-order valence-corrected chi connectivity index (χ4v) is 2.88. The van der Waals surface area contributed by atoms with E-state index in [1.165, 1.54) is 0 Å². The van der Waals surface area contributed by atoms with Gasteiger partial charge in [-0.3, -0.25) is 4.79 Å². The van der Waals surface area contributed by atoms with Gasteiger partial charge in [0.2, 0.25) is 0 Å². The van der Waals surface area contributed by atoms with Gasteiger partial charge in [0, 0.05) is 10.7 Å². The van der Waals surface area contributed by atoms with Gasteiger partial charge in [-0.25, -0.2) is 0 Å². The third-order valence-corrected chi connectivity index (χ3v) is 4.22. The number of aromatic hydroxyl groups is 1. The summed E-state index contributed by atoms with van der Waals surface area (Å²) in [6.45, 7) is 3.35. The molecule has 0 aliphatic rings. The summed E-state index contributed by atoms with van der Waals surface area (Å²) in [7, 11) is 0. The standard InChI is InChI=1S/C16H14BrCl2NO3/c1-8-5-11(7-12(17)15(8)21)20-16(22)9(2)23-14-4-3-10(18)6-13(14)19/h3-7,9,21H,1-2H3,(H,20,22)/t9-/m1/s1. The van der Waals surface area contributed by atoms with Crippen molar-refractivity contribution in [1.82, 2.24) is 0 Å². The Hall–Kier alpha value is -1.43. The van der Waals surface area contributed by atoms with E-state index in [-0.39, 0.29) is 11.7 Å². The highest BCUT2D eigenvalue weighted by Gasteiger charge is 2.17. The maximum Gasteiger partial charge on any atom is 0.265 e. The van der Waals surface area contributed by atoms with E-state index in [1.54, 1.807) is 44.2 Å². The number of halogens is 3. The number of carbonyl (C=O) groups excluding carboxylic acids is 1. The zero-order valence-corrected chi connectivity index (χ0v) is 15.5. The first-order chi connectivity index (χ1) is 10.8. The van der Waals surface area contributed by atoms with Gasteiger partial charge in [0.1, 0.15) is 11.5 Å². The molecule has 1 atom stereocenters. The zero-order chi connectivity index (χ0) is 17.1. The van der Waals surface area contributed by atoms with Crippen molar-refractivity contribution in [3.8, 4) is 11.5 Å². The molecule has 0 fully saturated rings. The molecule has 0 unspecified atom stereocenters. The summed E-state index contributed by atoms with van der Waals surface area (Å²) in [5.74, 6) is 0.176. The molecule has 23 heavy (non-hydrogen) atoms. The molecular formula is C16H14BrCl2NO3. The molecule has 2 N–H and O–H groups in total. The van der Waals surface area contributed by atoms with Crippen molar-refractivity contribution in [2.45, 2.75) is 20.0 Å². The number of aryl methyl sites for hydroxylation is 1. The van der Waals surface area contributed by atoms with Crippen molar-refractivity contribution in [3.63, 3.8) is 0 Å². The highest BCUT2D eigenvalue weighted by atomic mass is 79.9. The van der Waals surface area contributed by atoms with Gasteiger partial charge in [-0.05, 0) is 65.7 Å². The van der Waals surface area contributed by atoms with Gasteiger partial charge >= 0.3 is 0 Å². The highest BCUT2D eigenvalue weighted by molar-refractivity contribution is 9.10. The largest absolute Gasteiger partial charge is 0.506 e. The Labute approximate surface area is 152 Å². The summed E-state index contributed by atoms with van der Waals surface area (Å²) in [6, 6.07) is 8.06. The molecule has 122 valence electrons. The molecule has 0 radical (unpaired) electrons. The topological polar surface area (TPSA) is 58.6 Å². The summed E-state index contributed by atoms with van der Waals surface area (Å²) < 4.78 is 6.06. The second-order valence-electron chi connectivity index (χ2n) is 4.95. The summed E-state index contributed by atoms with van der Waals surface area (Å²) in [5, 5.41) is 13.3. The molecule has 0 aromatic heterocycles. The molecule has 2 rings (SSSR count). The van der Waals surface area contributed by atoms with Crippen molar-refractivity contribution < 1.29 is 14.6 Å². The molecular weight excluding hydrogens is 405 g/mol. The molecule has 0 bridgehead atoms. The zero-order valence-electron chi connectivity index (χ0n) is 12.4. The number of rotatable bonds is 4. The van der Waals surface area contributed by atoms with Gasteiger partial charge in [-0.1, -0.05) is 23.2 Å². The predicted molar refractivity (Wildman–Crippen MR) is 95.7 cm³/mol. The lowest BCUT2D eigenvalue weighted by atomic mass is 10.2. The number of phenols is 1. The van der Waals surface area contributed by atoms with Crippen LogP contribution in [0.25, 0.3) is 0 Å². The number of phenolic OH excluding ortho intramolecular Hbond substituents is 1. The van der Waals surface area contributed by atoms with E-state index in [1.807, 2.05) is 0 Å². The van der Waals surface area contributed by atoms with E-state index in [0.717, 1.165) is 0 Å². The van der Waals surface area contributed by atoms with Crippen molar-refractivity contribution in [2.24, 2.45) is 0 Å². The highest BCUT2D eigenvalue weighted by Crippen LogP contribution is 2.31. The Morgan fingerprint density at radius 3 is 2.61 bits per heavy atom. The van der Waals surface area contributed by atoms with Crippen LogP contribution in [0.3, 0.4) is 0 Å². The Bertz CT molecular complexity index is 729. The number of hydrogen-bond donors (Lipinski definition) is 2. The molecule has 0 saturated heterocycles. The Morgan fingerprint density at radius 1 is 1.30 bits per heavy atom. The second-order valence-corrected chi connectivity index (χ2v) is 6.65. The molecule has 7 heteroatoms. The van der Waals surface area contributed by atoms with E-state index in [0.29, 0.717) is 31.5 Å². The summed E-state index contributed by atoms with van der Waals surface area (Å²) in [6.07, 6.45) is -0.762. The SMILES string of the molecule is Cc1cc(NC(=O)[C@@H](C)Oc2ccc(Cl)cc2Cl)cc(Br)c1O. The van der Waals surface area contributed by atoms with Crippen LogP contribution in [-0.4, -0.2) is 17.1 Å². The third-order valence-electron chi connectivity index (χ3n) is 3.09. The fourth-order valence-electron chi connectivity index (χ4n) is 1.87. The van der Waals surface area contributed by atoms with Crippen LogP contribution in [0.2, 0.25) is 10.0 Å². The van der Waals surface area contributed by atoms with E-state index < -0.39 is 6.10 Å². The summed E-state index contributed by atoms with van der Waals surface area (Å²) in [5.41, 5.74) is 1.19. The lowest BCUT2D eigenvalue weighted by Gasteiger charge is -2.16. The summed E-state index contributed by atoms with van der Waals surface area (Å²) >= 11 is 15.1. The van der Waals surface area contributed by atoms with Crippen LogP contribution in [0.5, 0.6) is 11.5 Å². The minimum atomic E-state index is -0.762. The molecule has 2 aromatic rings. The molecule has 0 heterocycles. The van der Waals surface area contributed by atoms with E-state index in [4.69, 9.17) is 27.9 Å². The molecule has 0 spiro atoms. The minimum Gasteiger partial charge on any atom is -0.506 e. The van der Waals surface area contributed by atoms with Crippen LogP contribution in [0.1, 0.15) is 12.5 Å². The van der Waals surface area contributed by atoms with E-state index >= 15 is 0 Å². The van der Waals surface area contributed by atoms with Crippen LogP contribution >= 0.6 is 39.1 Å². The first kappa shape index (κ1) is 17.9. The molecule has 4 nitrogen and oxygen atoms in total. The van der Waals surface area contributed by atoms with Crippen LogP contribution in [0, 0.1) is 6.92 Å². The number of carbonyl (C=O) groups is 1. The van der Waals surface area contributed by atoms with Crippen molar-refractivity contribution in [2.75, 3.05) is 5.32 Å².